The van der Waals surface area contributed by atoms with Crippen molar-refractivity contribution >= 4 is 5.82 Å². The minimum absolute atomic E-state index is 0.0176. The Morgan fingerprint density at radius 2 is 2.19 bits per heavy atom. The van der Waals surface area contributed by atoms with Gasteiger partial charge in [-0.3, -0.25) is 0 Å². The first-order valence-electron chi connectivity index (χ1n) is 8.10. The van der Waals surface area contributed by atoms with E-state index in [-0.39, 0.29) is 11.7 Å². The second-order valence-corrected chi connectivity index (χ2v) is 6.09. The Labute approximate surface area is 128 Å². The van der Waals surface area contributed by atoms with E-state index in [1.54, 1.807) is 0 Å². The Bertz CT molecular complexity index is 444. The maximum Gasteiger partial charge on any atom is 0.168 e. The molecule has 1 unspecified atom stereocenters. The van der Waals surface area contributed by atoms with Crippen LogP contribution in [0.4, 0.5) is 5.82 Å². The molecule has 0 radical (unpaired) electrons. The van der Waals surface area contributed by atoms with Gasteiger partial charge in [0.1, 0.15) is 0 Å². The Hall–Kier alpha value is -1.29. The first-order valence-corrected chi connectivity index (χ1v) is 8.10. The van der Waals surface area contributed by atoms with Gasteiger partial charge in [0.05, 0.1) is 11.7 Å². The number of rotatable bonds is 6. The fraction of sp³-hybridized carbons (Fsp3) is 0.706. The zero-order valence-corrected chi connectivity index (χ0v) is 13.7. The van der Waals surface area contributed by atoms with Crippen molar-refractivity contribution in [3.63, 3.8) is 0 Å². The van der Waals surface area contributed by atoms with Gasteiger partial charge in [-0.15, -0.1) is 0 Å². The molecule has 2 heterocycles. The molecule has 1 aromatic heterocycles. The molecule has 2 rings (SSSR count). The third kappa shape index (κ3) is 4.10. The summed E-state index contributed by atoms with van der Waals surface area (Å²) in [6.07, 6.45) is 6.10. The van der Waals surface area contributed by atoms with Crippen molar-refractivity contribution in [2.45, 2.75) is 71.1 Å². The molecule has 0 saturated carbocycles. The summed E-state index contributed by atoms with van der Waals surface area (Å²) in [5.74, 6) is 1.68. The molecular weight excluding hydrogens is 264 g/mol. The molecule has 0 bridgehead atoms. The largest absolute Gasteiger partial charge is 0.487 e. The van der Waals surface area contributed by atoms with Crippen LogP contribution in [0.15, 0.2) is 18.3 Å². The standard InChI is InChI=1S/C17H28N2O2/c1-5-17(6-2)12-14(9-11-20-17)19-16-15(21-13(3)4)8-7-10-18-16/h7-8,10,13-14H,5-6,9,11-12H2,1-4H3,(H,18,19). The van der Waals surface area contributed by atoms with E-state index in [1.807, 2.05) is 32.2 Å². The van der Waals surface area contributed by atoms with Crippen LogP contribution in [-0.4, -0.2) is 29.3 Å². The third-order valence-corrected chi connectivity index (χ3v) is 4.26. The van der Waals surface area contributed by atoms with Crippen LogP contribution >= 0.6 is 0 Å². The summed E-state index contributed by atoms with van der Waals surface area (Å²) in [6, 6.07) is 4.28. The van der Waals surface area contributed by atoms with Crippen LogP contribution in [0, 0.1) is 0 Å². The van der Waals surface area contributed by atoms with Gasteiger partial charge < -0.3 is 14.8 Å². The van der Waals surface area contributed by atoms with E-state index in [0.717, 1.165) is 43.9 Å². The fourth-order valence-corrected chi connectivity index (χ4v) is 2.94. The Morgan fingerprint density at radius 1 is 1.43 bits per heavy atom. The Morgan fingerprint density at radius 3 is 2.86 bits per heavy atom. The highest BCUT2D eigenvalue weighted by Crippen LogP contribution is 2.33. The molecule has 0 amide bonds. The maximum absolute atomic E-state index is 6.03. The molecule has 1 saturated heterocycles. The van der Waals surface area contributed by atoms with E-state index in [9.17, 15) is 0 Å². The molecule has 1 fully saturated rings. The number of anilines is 1. The number of pyridine rings is 1. The molecule has 4 nitrogen and oxygen atoms in total. The van der Waals surface area contributed by atoms with Gasteiger partial charge in [0.2, 0.25) is 0 Å². The molecule has 0 aromatic carbocycles. The topological polar surface area (TPSA) is 43.4 Å². The second-order valence-electron chi connectivity index (χ2n) is 6.09. The summed E-state index contributed by atoms with van der Waals surface area (Å²) in [4.78, 5) is 4.45. The molecule has 1 aliphatic rings. The quantitative estimate of drug-likeness (QED) is 0.860. The highest BCUT2D eigenvalue weighted by atomic mass is 16.5. The van der Waals surface area contributed by atoms with Gasteiger partial charge in [0.15, 0.2) is 11.6 Å². The zero-order chi connectivity index (χ0) is 15.3. The molecule has 0 spiro atoms. The fourth-order valence-electron chi connectivity index (χ4n) is 2.94. The SMILES string of the molecule is CCC1(CC)CC(Nc2ncccc2OC(C)C)CCO1. The second kappa shape index (κ2) is 7.12. The van der Waals surface area contributed by atoms with Gasteiger partial charge in [0, 0.05) is 18.8 Å². The summed E-state index contributed by atoms with van der Waals surface area (Å²) < 4.78 is 11.9. The van der Waals surface area contributed by atoms with Crippen molar-refractivity contribution < 1.29 is 9.47 Å². The monoisotopic (exact) mass is 292 g/mol. The molecule has 21 heavy (non-hydrogen) atoms. The third-order valence-electron chi connectivity index (χ3n) is 4.26. The van der Waals surface area contributed by atoms with E-state index in [4.69, 9.17) is 9.47 Å². The summed E-state index contributed by atoms with van der Waals surface area (Å²) in [6.45, 7) is 9.29. The molecule has 1 aliphatic heterocycles. The summed E-state index contributed by atoms with van der Waals surface area (Å²) in [5, 5.41) is 3.56. The molecular formula is C17H28N2O2. The summed E-state index contributed by atoms with van der Waals surface area (Å²) >= 11 is 0. The minimum Gasteiger partial charge on any atom is -0.487 e. The lowest BCUT2D eigenvalue weighted by atomic mass is 9.86. The number of hydrogen-bond donors (Lipinski definition) is 1. The van der Waals surface area contributed by atoms with Gasteiger partial charge in [-0.1, -0.05) is 13.8 Å². The average molecular weight is 292 g/mol. The van der Waals surface area contributed by atoms with Crippen molar-refractivity contribution in [3.8, 4) is 5.75 Å². The van der Waals surface area contributed by atoms with Crippen LogP contribution in [0.3, 0.4) is 0 Å². The van der Waals surface area contributed by atoms with Gasteiger partial charge in [-0.2, -0.15) is 0 Å². The van der Waals surface area contributed by atoms with Crippen LogP contribution in [0.5, 0.6) is 5.75 Å². The first-order chi connectivity index (χ1) is 10.1. The van der Waals surface area contributed by atoms with Crippen molar-refractivity contribution in [1.82, 2.24) is 4.98 Å². The summed E-state index contributed by atoms with van der Waals surface area (Å²) in [5.41, 5.74) is 0.0176. The number of nitrogens with zero attached hydrogens (tertiary/aromatic N) is 1. The lowest BCUT2D eigenvalue weighted by Gasteiger charge is -2.40. The molecule has 1 atom stereocenters. The number of aromatic nitrogens is 1. The highest BCUT2D eigenvalue weighted by molar-refractivity contribution is 5.50. The van der Waals surface area contributed by atoms with E-state index in [2.05, 4.69) is 24.1 Å². The van der Waals surface area contributed by atoms with Gasteiger partial charge in [-0.05, 0) is 51.7 Å². The van der Waals surface area contributed by atoms with Gasteiger partial charge in [0.25, 0.3) is 0 Å². The summed E-state index contributed by atoms with van der Waals surface area (Å²) in [7, 11) is 0. The van der Waals surface area contributed by atoms with Crippen molar-refractivity contribution in [3.05, 3.63) is 18.3 Å². The first kappa shape index (κ1) is 16.1. The van der Waals surface area contributed by atoms with Gasteiger partial charge >= 0.3 is 0 Å². The van der Waals surface area contributed by atoms with Crippen LogP contribution in [0.2, 0.25) is 0 Å². The lowest BCUT2D eigenvalue weighted by Crippen LogP contribution is -2.43. The van der Waals surface area contributed by atoms with Crippen molar-refractivity contribution in [2.75, 3.05) is 11.9 Å². The van der Waals surface area contributed by atoms with Crippen LogP contribution in [-0.2, 0) is 4.74 Å². The van der Waals surface area contributed by atoms with Crippen LogP contribution in [0.25, 0.3) is 0 Å². The molecule has 0 aliphatic carbocycles. The Kier molecular flexibility index (Phi) is 5.45. The zero-order valence-electron chi connectivity index (χ0n) is 13.7. The Balaban J connectivity index is 2.07. The van der Waals surface area contributed by atoms with Crippen LogP contribution in [0.1, 0.15) is 53.4 Å². The predicted molar refractivity (Wildman–Crippen MR) is 85.9 cm³/mol. The highest BCUT2D eigenvalue weighted by Gasteiger charge is 2.34. The van der Waals surface area contributed by atoms with E-state index < -0.39 is 0 Å². The number of ether oxygens (including phenoxy) is 2. The molecule has 1 aromatic rings. The van der Waals surface area contributed by atoms with E-state index >= 15 is 0 Å². The molecule has 118 valence electrons. The van der Waals surface area contributed by atoms with Crippen molar-refractivity contribution in [2.24, 2.45) is 0 Å². The minimum atomic E-state index is 0.0176. The number of nitrogens with one attached hydrogen (secondary N) is 1. The van der Waals surface area contributed by atoms with Crippen LogP contribution < -0.4 is 10.1 Å². The van der Waals surface area contributed by atoms with E-state index in [1.165, 1.54) is 0 Å². The average Bonchev–Trinajstić information content (AvgIpc) is 2.49. The van der Waals surface area contributed by atoms with E-state index in [0.29, 0.717) is 6.04 Å². The van der Waals surface area contributed by atoms with Gasteiger partial charge in [-0.25, -0.2) is 4.98 Å². The molecule has 1 N–H and O–H groups in total. The normalized spacial score (nSPS) is 21.3. The predicted octanol–water partition coefficient (Wildman–Crippen LogP) is 4.02. The number of hydrogen-bond acceptors (Lipinski definition) is 4. The maximum atomic E-state index is 6.03. The van der Waals surface area contributed by atoms with Crippen molar-refractivity contribution in [1.29, 1.82) is 0 Å². The molecule has 4 heteroatoms. The smallest absolute Gasteiger partial charge is 0.168 e. The lowest BCUT2D eigenvalue weighted by molar-refractivity contribution is -0.0865.